The number of aromatic nitrogens is 2. The molecule has 2 nitrogen and oxygen atoms in total. The molecule has 2 aromatic heterocycles. The van der Waals surface area contributed by atoms with Crippen LogP contribution in [-0.2, 0) is 0 Å². The predicted molar refractivity (Wildman–Crippen MR) is 154 cm³/mol. The number of fused-ring (bicyclic) bond motifs is 4. The van der Waals surface area contributed by atoms with E-state index in [-0.39, 0.29) is 0 Å². The van der Waals surface area contributed by atoms with Gasteiger partial charge in [0.05, 0.1) is 16.7 Å². The van der Waals surface area contributed by atoms with Crippen LogP contribution >= 0.6 is 15.9 Å². The number of halogens is 1. The number of hydrogen-bond donors (Lipinski definition) is 0. The van der Waals surface area contributed by atoms with E-state index in [4.69, 9.17) is 0 Å². The summed E-state index contributed by atoms with van der Waals surface area (Å²) in [6, 6.07) is 24.0. The van der Waals surface area contributed by atoms with Gasteiger partial charge in [0.1, 0.15) is 0 Å². The Bertz CT molecular complexity index is 1710. The highest BCUT2D eigenvalue weighted by Crippen LogP contribution is 2.36. The summed E-state index contributed by atoms with van der Waals surface area (Å²) < 4.78 is 5.78. The number of para-hydroxylation sites is 2. The molecule has 0 spiro atoms. The van der Waals surface area contributed by atoms with Gasteiger partial charge in [0.25, 0.3) is 0 Å². The van der Waals surface area contributed by atoms with Gasteiger partial charge in [-0.15, -0.1) is 0 Å². The van der Waals surface area contributed by atoms with Gasteiger partial charge in [-0.1, -0.05) is 95.4 Å². The lowest BCUT2D eigenvalue weighted by molar-refractivity contribution is 1.03. The minimum atomic E-state index is 0.947. The van der Waals surface area contributed by atoms with Crippen molar-refractivity contribution in [3.05, 3.63) is 125 Å². The van der Waals surface area contributed by atoms with Crippen LogP contribution < -0.4 is 0 Å². The quantitative estimate of drug-likeness (QED) is 0.210. The average Bonchev–Trinajstić information content (AvgIpc) is 3.20. The van der Waals surface area contributed by atoms with Gasteiger partial charge in [0.2, 0.25) is 0 Å². The number of allylic oxidation sites excluding steroid dienone is 4. The van der Waals surface area contributed by atoms with Crippen LogP contribution in [0.5, 0.6) is 0 Å². The first-order valence-electron chi connectivity index (χ1n) is 11.8. The number of hydrogen-bond acceptors (Lipinski definition) is 0. The van der Waals surface area contributed by atoms with Crippen LogP contribution in [0.1, 0.15) is 28.9 Å². The van der Waals surface area contributed by atoms with Crippen molar-refractivity contribution in [2.45, 2.75) is 13.3 Å². The molecular formula is C32H25BrN2. The molecule has 1 aliphatic carbocycles. The first-order valence-corrected chi connectivity index (χ1v) is 12.6. The molecule has 0 radical (unpaired) electrons. The lowest BCUT2D eigenvalue weighted by Gasteiger charge is -2.15. The van der Waals surface area contributed by atoms with Crippen molar-refractivity contribution in [3.8, 4) is 11.4 Å². The molecule has 0 N–H and O–H groups in total. The molecule has 2 heterocycles. The first kappa shape index (κ1) is 21.7. The first-order chi connectivity index (χ1) is 17.2. The van der Waals surface area contributed by atoms with Gasteiger partial charge < -0.3 is 9.13 Å². The second-order valence-electron chi connectivity index (χ2n) is 8.81. The summed E-state index contributed by atoms with van der Waals surface area (Å²) in [4.78, 5) is 0. The van der Waals surface area contributed by atoms with E-state index in [9.17, 15) is 0 Å². The molecule has 0 unspecified atom stereocenters. The number of nitrogens with zero attached hydrogens (tertiary/aromatic N) is 2. The second-order valence-corrected chi connectivity index (χ2v) is 9.72. The van der Waals surface area contributed by atoms with Crippen LogP contribution in [0, 0.1) is 6.92 Å². The lowest BCUT2D eigenvalue weighted by atomic mass is 10.1. The monoisotopic (exact) mass is 516 g/mol. The maximum atomic E-state index is 3.86. The molecule has 3 heteroatoms. The highest BCUT2D eigenvalue weighted by atomic mass is 79.9. The molecule has 0 atom stereocenters. The van der Waals surface area contributed by atoms with Crippen molar-refractivity contribution < 1.29 is 0 Å². The number of benzene rings is 3. The van der Waals surface area contributed by atoms with Gasteiger partial charge in [-0.25, -0.2) is 0 Å². The van der Waals surface area contributed by atoms with E-state index >= 15 is 0 Å². The Morgan fingerprint density at radius 3 is 2.26 bits per heavy atom. The fourth-order valence-corrected chi connectivity index (χ4v) is 5.73. The Balaban J connectivity index is 1.64. The van der Waals surface area contributed by atoms with E-state index in [1.54, 1.807) is 0 Å². The third-order valence-corrected chi connectivity index (χ3v) is 7.19. The fourth-order valence-electron chi connectivity index (χ4n) is 5.26. The van der Waals surface area contributed by atoms with E-state index in [0.717, 1.165) is 22.3 Å². The normalized spacial score (nSPS) is 13.1. The zero-order valence-corrected chi connectivity index (χ0v) is 21.2. The van der Waals surface area contributed by atoms with E-state index < -0.39 is 0 Å². The summed E-state index contributed by atoms with van der Waals surface area (Å²) >= 11 is 3.82. The highest BCUT2D eigenvalue weighted by Gasteiger charge is 2.18. The third-order valence-electron chi connectivity index (χ3n) is 6.73. The van der Waals surface area contributed by atoms with Gasteiger partial charge in [0, 0.05) is 43.4 Å². The van der Waals surface area contributed by atoms with Crippen LogP contribution in [0.15, 0.2) is 102 Å². The van der Waals surface area contributed by atoms with Crippen LogP contribution in [0.25, 0.3) is 51.4 Å². The predicted octanol–water partition coefficient (Wildman–Crippen LogP) is 9.27. The smallest absolute Gasteiger partial charge is 0.0541 e. The molecule has 35 heavy (non-hydrogen) atoms. The summed E-state index contributed by atoms with van der Waals surface area (Å²) in [6.07, 6.45) is 15.9. The molecule has 0 saturated carbocycles. The Morgan fingerprint density at radius 2 is 1.49 bits per heavy atom. The standard InChI is InChI=1S/C32H25BrN2/c1-3-4-12-26-22(2)34(30-17-10-8-14-27(26)30)24-19-23(33)20-25(21-24)35-31-16-7-5-6-13-28(31)29-15-9-11-18-32(29)35/h3-4,6-21H,1,5H2,2H3/b12-4-. The van der Waals surface area contributed by atoms with Crippen molar-refractivity contribution in [1.82, 2.24) is 9.13 Å². The van der Waals surface area contributed by atoms with E-state index in [1.165, 1.54) is 44.3 Å². The minimum absolute atomic E-state index is 0.947. The molecular weight excluding hydrogens is 492 g/mol. The van der Waals surface area contributed by atoms with E-state index in [0.29, 0.717) is 0 Å². The Morgan fingerprint density at radius 1 is 0.829 bits per heavy atom. The van der Waals surface area contributed by atoms with Crippen LogP contribution in [0.4, 0.5) is 0 Å². The van der Waals surface area contributed by atoms with Crippen molar-refractivity contribution >= 4 is 56.0 Å². The van der Waals surface area contributed by atoms with Gasteiger partial charge >= 0.3 is 0 Å². The summed E-state index contributed by atoms with van der Waals surface area (Å²) in [6.45, 7) is 6.04. The molecule has 170 valence electrons. The second kappa shape index (κ2) is 8.75. The van der Waals surface area contributed by atoms with Gasteiger partial charge in [-0.2, -0.15) is 0 Å². The molecule has 3 aromatic carbocycles. The topological polar surface area (TPSA) is 9.86 Å². The third kappa shape index (κ3) is 3.55. The summed E-state index contributed by atoms with van der Waals surface area (Å²) in [7, 11) is 0. The Hall–Kier alpha value is -3.82. The van der Waals surface area contributed by atoms with Crippen molar-refractivity contribution in [1.29, 1.82) is 0 Å². The van der Waals surface area contributed by atoms with Gasteiger partial charge in [-0.05, 0) is 49.8 Å². The zero-order valence-electron chi connectivity index (χ0n) is 19.6. The lowest BCUT2D eigenvalue weighted by Crippen LogP contribution is -2.02. The zero-order chi connectivity index (χ0) is 23.9. The van der Waals surface area contributed by atoms with Crippen molar-refractivity contribution in [2.75, 3.05) is 0 Å². The molecule has 5 aromatic rings. The highest BCUT2D eigenvalue weighted by molar-refractivity contribution is 9.10. The van der Waals surface area contributed by atoms with Crippen LogP contribution in [0.3, 0.4) is 0 Å². The average molecular weight is 517 g/mol. The Labute approximate surface area is 213 Å². The van der Waals surface area contributed by atoms with Crippen LogP contribution in [0.2, 0.25) is 0 Å². The largest absolute Gasteiger partial charge is 0.313 e. The molecule has 0 bridgehead atoms. The molecule has 6 rings (SSSR count). The molecule has 0 aliphatic heterocycles. The molecule has 0 saturated heterocycles. The number of rotatable bonds is 4. The maximum absolute atomic E-state index is 3.86. The molecule has 0 fully saturated rings. The van der Waals surface area contributed by atoms with E-state index in [1.807, 2.05) is 12.2 Å². The van der Waals surface area contributed by atoms with Crippen molar-refractivity contribution in [2.24, 2.45) is 0 Å². The molecule has 1 aliphatic rings. The summed E-state index contributed by atoms with van der Waals surface area (Å²) in [5, 5.41) is 2.50. The summed E-state index contributed by atoms with van der Waals surface area (Å²) in [5.41, 5.74) is 9.57. The summed E-state index contributed by atoms with van der Waals surface area (Å²) in [5.74, 6) is 0. The van der Waals surface area contributed by atoms with Crippen LogP contribution in [-0.4, -0.2) is 9.13 Å². The maximum Gasteiger partial charge on any atom is 0.0541 e. The SMILES string of the molecule is C=C/C=C\c1c(C)n(-c2cc(Br)cc(-n3c4c(c5ccccc53)C=CCC=C4)c2)c2ccccc12. The minimum Gasteiger partial charge on any atom is -0.313 e. The molecule has 0 amide bonds. The van der Waals surface area contributed by atoms with Crippen molar-refractivity contribution in [3.63, 3.8) is 0 Å². The van der Waals surface area contributed by atoms with Gasteiger partial charge in [0.15, 0.2) is 0 Å². The fraction of sp³-hybridized carbons (Fsp3) is 0.0625. The Kier molecular flexibility index (Phi) is 5.43. The van der Waals surface area contributed by atoms with E-state index in [2.05, 4.69) is 136 Å². The van der Waals surface area contributed by atoms with Gasteiger partial charge in [-0.3, -0.25) is 0 Å².